The van der Waals surface area contributed by atoms with Gasteiger partial charge in [0.25, 0.3) is 11.8 Å². The summed E-state index contributed by atoms with van der Waals surface area (Å²) in [5.74, 6) is -1.40. The molecule has 0 fully saturated rings. The number of benzene rings is 3. The summed E-state index contributed by atoms with van der Waals surface area (Å²) in [7, 11) is 0. The number of amides is 2. The lowest BCUT2D eigenvalue weighted by molar-refractivity contribution is 0.0956. The monoisotopic (exact) mass is 453 g/mol. The van der Waals surface area contributed by atoms with Crippen molar-refractivity contribution in [3.63, 3.8) is 0 Å². The quantitative estimate of drug-likeness (QED) is 0.266. The zero-order valence-electron chi connectivity index (χ0n) is 15.0. The number of phenolic OH excluding ortho intramolecular Hbond substituents is 2. The standard InChI is InChI=1S/C21H16BrN3O4/c22-15-8-6-14(7-9-15)20(28)24-17-4-2-1-3-16(17)21(29)25-23-12-13-5-10-18(26)19(27)11-13/h1-12,26-27H,(H,24,28)(H,25,29)/b23-12-. The van der Waals surface area contributed by atoms with Crippen molar-refractivity contribution < 1.29 is 19.8 Å². The number of carbonyl (C=O) groups is 2. The Morgan fingerprint density at radius 3 is 2.34 bits per heavy atom. The van der Waals surface area contributed by atoms with Gasteiger partial charge in [0.15, 0.2) is 11.5 Å². The highest BCUT2D eigenvalue weighted by Crippen LogP contribution is 2.24. The van der Waals surface area contributed by atoms with Crippen LogP contribution < -0.4 is 10.7 Å². The fourth-order valence-electron chi connectivity index (χ4n) is 2.43. The summed E-state index contributed by atoms with van der Waals surface area (Å²) < 4.78 is 0.855. The number of hydrogen-bond donors (Lipinski definition) is 4. The number of rotatable bonds is 5. The van der Waals surface area contributed by atoms with Gasteiger partial charge in [-0.05, 0) is 60.2 Å². The molecule has 0 saturated heterocycles. The molecule has 4 N–H and O–H groups in total. The van der Waals surface area contributed by atoms with E-state index in [2.05, 4.69) is 31.8 Å². The molecule has 3 aromatic rings. The van der Waals surface area contributed by atoms with E-state index in [1.54, 1.807) is 48.5 Å². The van der Waals surface area contributed by atoms with Gasteiger partial charge in [0.2, 0.25) is 0 Å². The highest BCUT2D eigenvalue weighted by Gasteiger charge is 2.13. The predicted octanol–water partition coefficient (Wildman–Crippen LogP) is 3.88. The average Bonchev–Trinajstić information content (AvgIpc) is 2.71. The van der Waals surface area contributed by atoms with Crippen LogP contribution in [-0.4, -0.2) is 28.2 Å². The van der Waals surface area contributed by atoms with Crippen LogP contribution in [0.5, 0.6) is 11.5 Å². The Bertz CT molecular complexity index is 1080. The summed E-state index contributed by atoms with van der Waals surface area (Å²) in [6.07, 6.45) is 1.32. The topological polar surface area (TPSA) is 111 Å². The molecule has 0 saturated carbocycles. The first-order chi connectivity index (χ1) is 13.9. The van der Waals surface area contributed by atoms with Gasteiger partial charge in [0.05, 0.1) is 17.5 Å². The lowest BCUT2D eigenvalue weighted by Gasteiger charge is -2.10. The Morgan fingerprint density at radius 1 is 0.897 bits per heavy atom. The van der Waals surface area contributed by atoms with Crippen molar-refractivity contribution in [1.29, 1.82) is 0 Å². The zero-order valence-corrected chi connectivity index (χ0v) is 16.6. The molecule has 0 spiro atoms. The van der Waals surface area contributed by atoms with Crippen LogP contribution in [0, 0.1) is 0 Å². The van der Waals surface area contributed by atoms with E-state index in [1.807, 2.05) is 0 Å². The van der Waals surface area contributed by atoms with Crippen LogP contribution in [0.4, 0.5) is 5.69 Å². The molecule has 0 aliphatic rings. The molecule has 0 aliphatic heterocycles. The summed E-state index contributed by atoms with van der Waals surface area (Å²) in [4.78, 5) is 24.9. The molecule has 8 heteroatoms. The lowest BCUT2D eigenvalue weighted by atomic mass is 10.1. The predicted molar refractivity (Wildman–Crippen MR) is 113 cm³/mol. The minimum atomic E-state index is -0.518. The number of halogens is 1. The third-order valence-corrected chi connectivity index (χ3v) is 4.43. The van der Waals surface area contributed by atoms with Crippen LogP contribution in [0.3, 0.4) is 0 Å². The number of hydrogen-bond acceptors (Lipinski definition) is 5. The first kappa shape index (κ1) is 20.1. The number of anilines is 1. The highest BCUT2D eigenvalue weighted by molar-refractivity contribution is 9.10. The summed E-state index contributed by atoms with van der Waals surface area (Å²) >= 11 is 3.32. The van der Waals surface area contributed by atoms with E-state index in [9.17, 15) is 19.8 Å². The van der Waals surface area contributed by atoms with Gasteiger partial charge in [-0.2, -0.15) is 5.10 Å². The summed E-state index contributed by atoms with van der Waals surface area (Å²) in [5.41, 5.74) is 3.89. The second-order valence-corrected chi connectivity index (χ2v) is 6.87. The molecule has 0 radical (unpaired) electrons. The van der Waals surface area contributed by atoms with E-state index < -0.39 is 5.91 Å². The van der Waals surface area contributed by atoms with Gasteiger partial charge in [0, 0.05) is 10.0 Å². The molecule has 0 bridgehead atoms. The third-order valence-electron chi connectivity index (χ3n) is 3.91. The number of nitrogens with zero attached hydrogens (tertiary/aromatic N) is 1. The van der Waals surface area contributed by atoms with E-state index >= 15 is 0 Å². The van der Waals surface area contributed by atoms with Crippen LogP contribution in [0.1, 0.15) is 26.3 Å². The van der Waals surface area contributed by atoms with Gasteiger partial charge in [0.1, 0.15) is 0 Å². The van der Waals surface area contributed by atoms with Gasteiger partial charge in [-0.1, -0.05) is 28.1 Å². The Morgan fingerprint density at radius 2 is 1.62 bits per heavy atom. The van der Waals surface area contributed by atoms with Gasteiger partial charge in [-0.25, -0.2) is 5.43 Å². The Balaban J connectivity index is 1.71. The van der Waals surface area contributed by atoms with E-state index in [1.165, 1.54) is 24.4 Å². The number of aromatic hydroxyl groups is 2. The van der Waals surface area contributed by atoms with Crippen LogP contribution in [0.2, 0.25) is 0 Å². The molecular weight excluding hydrogens is 438 g/mol. The van der Waals surface area contributed by atoms with Gasteiger partial charge < -0.3 is 15.5 Å². The van der Waals surface area contributed by atoms with E-state index in [0.717, 1.165) is 4.47 Å². The fraction of sp³-hybridized carbons (Fsp3) is 0. The minimum absolute atomic E-state index is 0.240. The van der Waals surface area contributed by atoms with Crippen molar-refractivity contribution in [1.82, 2.24) is 5.43 Å². The maximum atomic E-state index is 12.5. The van der Waals surface area contributed by atoms with Crippen molar-refractivity contribution in [3.8, 4) is 11.5 Å². The van der Waals surface area contributed by atoms with Crippen molar-refractivity contribution in [2.24, 2.45) is 5.10 Å². The van der Waals surface area contributed by atoms with Crippen LogP contribution in [0.25, 0.3) is 0 Å². The van der Waals surface area contributed by atoms with Crippen molar-refractivity contribution >= 4 is 39.6 Å². The van der Waals surface area contributed by atoms with E-state index in [0.29, 0.717) is 16.8 Å². The van der Waals surface area contributed by atoms with E-state index in [-0.39, 0.29) is 23.0 Å². The van der Waals surface area contributed by atoms with Gasteiger partial charge in [-0.15, -0.1) is 0 Å². The van der Waals surface area contributed by atoms with Crippen molar-refractivity contribution in [3.05, 3.63) is 87.9 Å². The first-order valence-electron chi connectivity index (χ1n) is 8.45. The summed E-state index contributed by atoms with van der Waals surface area (Å²) in [6, 6.07) is 17.5. The Kier molecular flexibility index (Phi) is 6.25. The second-order valence-electron chi connectivity index (χ2n) is 5.95. The first-order valence-corrected chi connectivity index (χ1v) is 9.24. The molecule has 2 amide bonds. The third kappa shape index (κ3) is 5.20. The van der Waals surface area contributed by atoms with Gasteiger partial charge >= 0.3 is 0 Å². The minimum Gasteiger partial charge on any atom is -0.504 e. The SMILES string of the molecule is O=C(Nc1ccccc1C(=O)N/N=C\c1ccc(O)c(O)c1)c1ccc(Br)cc1. The number of hydrazone groups is 1. The largest absolute Gasteiger partial charge is 0.504 e. The second kappa shape index (κ2) is 9.03. The molecule has 7 nitrogen and oxygen atoms in total. The maximum absolute atomic E-state index is 12.5. The van der Waals surface area contributed by atoms with Gasteiger partial charge in [-0.3, -0.25) is 9.59 Å². The molecule has 0 heterocycles. The highest BCUT2D eigenvalue weighted by atomic mass is 79.9. The van der Waals surface area contributed by atoms with Crippen molar-refractivity contribution in [2.75, 3.05) is 5.32 Å². The number of nitrogens with one attached hydrogen (secondary N) is 2. The van der Waals surface area contributed by atoms with Crippen LogP contribution >= 0.6 is 15.9 Å². The zero-order chi connectivity index (χ0) is 20.8. The smallest absolute Gasteiger partial charge is 0.273 e. The number of phenols is 2. The van der Waals surface area contributed by atoms with Crippen molar-refractivity contribution in [2.45, 2.75) is 0 Å². The molecular formula is C21H16BrN3O4. The van der Waals surface area contributed by atoms with Crippen LogP contribution in [0.15, 0.2) is 76.3 Å². The van der Waals surface area contributed by atoms with Crippen LogP contribution in [-0.2, 0) is 0 Å². The Labute approximate surface area is 174 Å². The Hall–Kier alpha value is -3.65. The fourth-order valence-corrected chi connectivity index (χ4v) is 2.70. The lowest BCUT2D eigenvalue weighted by Crippen LogP contribution is -2.21. The van der Waals surface area contributed by atoms with E-state index in [4.69, 9.17) is 0 Å². The number of carbonyl (C=O) groups excluding carboxylic acids is 2. The molecule has 146 valence electrons. The molecule has 29 heavy (non-hydrogen) atoms. The molecule has 0 aliphatic carbocycles. The molecule has 0 unspecified atom stereocenters. The normalized spacial score (nSPS) is 10.7. The number of para-hydroxylation sites is 1. The maximum Gasteiger partial charge on any atom is 0.273 e. The molecule has 0 atom stereocenters. The average molecular weight is 454 g/mol. The molecule has 0 aromatic heterocycles. The molecule has 3 aromatic carbocycles. The molecule has 3 rings (SSSR count). The summed E-state index contributed by atoms with van der Waals surface area (Å²) in [6.45, 7) is 0. The summed E-state index contributed by atoms with van der Waals surface area (Å²) in [5, 5.41) is 25.3.